The zero-order chi connectivity index (χ0) is 12.3. The van der Waals surface area contributed by atoms with Crippen molar-refractivity contribution in [3.05, 3.63) is 29.8 Å². The van der Waals surface area contributed by atoms with Gasteiger partial charge in [0.05, 0.1) is 6.04 Å². The van der Waals surface area contributed by atoms with Gasteiger partial charge in [-0.05, 0) is 29.5 Å². The minimum atomic E-state index is -4.38. The molecule has 8 heteroatoms. The van der Waals surface area contributed by atoms with Crippen molar-refractivity contribution in [2.24, 2.45) is 5.73 Å². The smallest absolute Gasteiger partial charge is 0.319 e. The summed E-state index contributed by atoms with van der Waals surface area (Å²) < 4.78 is 60.2. The highest BCUT2D eigenvalue weighted by Gasteiger charge is 2.29. The monoisotopic (exact) mass is 293 g/mol. The summed E-state index contributed by atoms with van der Waals surface area (Å²) in [5, 5.41) is 0. The SMILES string of the molecule is Cl.N[C@H](c1ccc(SC(F)(F)F)cc1)C(F)F. The van der Waals surface area contributed by atoms with Crippen LogP contribution < -0.4 is 5.73 Å². The lowest BCUT2D eigenvalue weighted by atomic mass is 10.1. The lowest BCUT2D eigenvalue weighted by molar-refractivity contribution is -0.0328. The van der Waals surface area contributed by atoms with Crippen LogP contribution >= 0.6 is 24.2 Å². The van der Waals surface area contributed by atoms with Gasteiger partial charge in [0.15, 0.2) is 0 Å². The molecule has 0 aliphatic carbocycles. The summed E-state index contributed by atoms with van der Waals surface area (Å²) in [6.45, 7) is 0. The molecule has 0 spiro atoms. The van der Waals surface area contributed by atoms with Gasteiger partial charge in [-0.1, -0.05) is 12.1 Å². The summed E-state index contributed by atoms with van der Waals surface area (Å²) in [5.41, 5.74) is 0.866. The summed E-state index contributed by atoms with van der Waals surface area (Å²) in [4.78, 5) is -0.0577. The van der Waals surface area contributed by atoms with E-state index in [1.54, 1.807) is 0 Å². The molecule has 1 nitrogen and oxygen atoms in total. The average molecular weight is 294 g/mol. The molecule has 17 heavy (non-hydrogen) atoms. The zero-order valence-electron chi connectivity index (χ0n) is 8.25. The van der Waals surface area contributed by atoms with Gasteiger partial charge in [0.2, 0.25) is 0 Å². The number of hydrogen-bond donors (Lipinski definition) is 1. The fraction of sp³-hybridized carbons (Fsp3) is 0.333. The molecule has 1 aromatic carbocycles. The molecule has 0 aromatic heterocycles. The van der Waals surface area contributed by atoms with E-state index in [0.717, 1.165) is 12.1 Å². The number of halogens is 6. The summed E-state index contributed by atoms with van der Waals surface area (Å²) >= 11 is -0.299. The molecule has 2 N–H and O–H groups in total. The van der Waals surface area contributed by atoms with E-state index in [2.05, 4.69) is 0 Å². The Bertz CT molecular complexity index is 340. The molecular formula is C9H9ClF5NS. The van der Waals surface area contributed by atoms with Crippen LogP contribution in [0.25, 0.3) is 0 Å². The van der Waals surface area contributed by atoms with Gasteiger partial charge in [-0.15, -0.1) is 12.4 Å². The van der Waals surface area contributed by atoms with Crippen molar-refractivity contribution in [2.75, 3.05) is 0 Å². The van der Waals surface area contributed by atoms with Crippen molar-refractivity contribution in [1.29, 1.82) is 0 Å². The molecule has 1 rings (SSSR count). The second-order valence-electron chi connectivity index (χ2n) is 2.98. The molecule has 0 radical (unpaired) electrons. The highest BCUT2D eigenvalue weighted by atomic mass is 35.5. The highest BCUT2D eigenvalue weighted by Crippen LogP contribution is 2.37. The molecule has 0 bridgehead atoms. The van der Waals surface area contributed by atoms with Crippen molar-refractivity contribution < 1.29 is 22.0 Å². The van der Waals surface area contributed by atoms with Crippen LogP contribution in [0.2, 0.25) is 0 Å². The maximum atomic E-state index is 12.2. The van der Waals surface area contributed by atoms with E-state index < -0.39 is 18.0 Å². The first-order chi connectivity index (χ1) is 7.29. The second-order valence-corrected chi connectivity index (χ2v) is 4.12. The third kappa shape index (κ3) is 5.56. The number of rotatable bonds is 3. The van der Waals surface area contributed by atoms with Gasteiger partial charge in [0.1, 0.15) is 0 Å². The molecule has 0 saturated heterocycles. The van der Waals surface area contributed by atoms with Gasteiger partial charge in [0, 0.05) is 4.90 Å². The van der Waals surface area contributed by atoms with E-state index in [-0.39, 0.29) is 34.6 Å². The van der Waals surface area contributed by atoms with E-state index in [1.807, 2.05) is 0 Å². The van der Waals surface area contributed by atoms with Crippen LogP contribution in [0.1, 0.15) is 11.6 Å². The van der Waals surface area contributed by atoms with Gasteiger partial charge >= 0.3 is 5.51 Å². The molecule has 0 saturated carbocycles. The van der Waals surface area contributed by atoms with Gasteiger partial charge in [0.25, 0.3) is 6.43 Å². The van der Waals surface area contributed by atoms with Crippen molar-refractivity contribution in [3.8, 4) is 0 Å². The van der Waals surface area contributed by atoms with E-state index in [1.165, 1.54) is 12.1 Å². The fourth-order valence-electron chi connectivity index (χ4n) is 1.04. The maximum Gasteiger partial charge on any atom is 0.446 e. The Kier molecular flexibility index (Phi) is 6.22. The highest BCUT2D eigenvalue weighted by molar-refractivity contribution is 8.00. The van der Waals surface area contributed by atoms with Gasteiger partial charge < -0.3 is 5.73 Å². The quantitative estimate of drug-likeness (QED) is 0.674. The van der Waals surface area contributed by atoms with Crippen LogP contribution in [0.15, 0.2) is 29.2 Å². The molecule has 1 aromatic rings. The fourth-order valence-corrected chi connectivity index (χ4v) is 1.58. The third-order valence-electron chi connectivity index (χ3n) is 1.77. The molecule has 0 amide bonds. The first-order valence-electron chi connectivity index (χ1n) is 4.19. The molecule has 98 valence electrons. The van der Waals surface area contributed by atoms with Crippen molar-refractivity contribution >= 4 is 24.2 Å². The van der Waals surface area contributed by atoms with E-state index in [9.17, 15) is 22.0 Å². The normalized spacial score (nSPS) is 13.4. The summed E-state index contributed by atoms with van der Waals surface area (Å²) in [7, 11) is 0. The first-order valence-corrected chi connectivity index (χ1v) is 5.00. The van der Waals surface area contributed by atoms with Crippen molar-refractivity contribution in [3.63, 3.8) is 0 Å². The molecule has 0 aliphatic heterocycles. The molecule has 0 heterocycles. The average Bonchev–Trinajstić information content (AvgIpc) is 2.15. The number of nitrogens with two attached hydrogens (primary N) is 1. The molecule has 1 atom stereocenters. The number of hydrogen-bond acceptors (Lipinski definition) is 2. The van der Waals surface area contributed by atoms with E-state index in [0.29, 0.717) is 0 Å². The standard InChI is InChI=1S/C9H8F5NS.ClH/c10-8(11)7(15)5-1-3-6(4-2-5)16-9(12,13)14;/h1-4,7-8H,15H2;1H/t7-;/m1./s1. The van der Waals surface area contributed by atoms with Crippen LogP contribution in [0.5, 0.6) is 0 Å². The minimum absolute atomic E-state index is 0. The van der Waals surface area contributed by atoms with E-state index >= 15 is 0 Å². The predicted octanol–water partition coefficient (Wildman–Crippen LogP) is 3.99. The van der Waals surface area contributed by atoms with Gasteiger partial charge in [-0.25, -0.2) is 8.78 Å². The Morgan fingerprint density at radius 2 is 1.53 bits per heavy atom. The minimum Gasteiger partial charge on any atom is -0.319 e. The van der Waals surface area contributed by atoms with Crippen LogP contribution in [-0.2, 0) is 0 Å². The summed E-state index contributed by atoms with van der Waals surface area (Å²) in [5.74, 6) is 0. The Hall–Kier alpha value is -0.530. The van der Waals surface area contributed by atoms with Crippen LogP contribution in [0.4, 0.5) is 22.0 Å². The Labute approximate surface area is 105 Å². The molecular weight excluding hydrogens is 285 g/mol. The number of benzene rings is 1. The third-order valence-corrected chi connectivity index (χ3v) is 2.51. The molecule has 0 aliphatic rings. The lowest BCUT2D eigenvalue weighted by Gasteiger charge is -2.11. The molecule has 0 unspecified atom stereocenters. The van der Waals surface area contributed by atoms with Crippen molar-refractivity contribution in [2.45, 2.75) is 22.9 Å². The zero-order valence-corrected chi connectivity index (χ0v) is 9.88. The van der Waals surface area contributed by atoms with Crippen molar-refractivity contribution in [1.82, 2.24) is 0 Å². The van der Waals surface area contributed by atoms with Crippen LogP contribution in [0, 0.1) is 0 Å². The summed E-state index contributed by atoms with van der Waals surface area (Å²) in [6, 6.07) is 3.12. The Balaban J connectivity index is 0.00000256. The predicted molar refractivity (Wildman–Crippen MR) is 58.5 cm³/mol. The maximum absolute atomic E-state index is 12.2. The Morgan fingerprint density at radius 1 is 1.06 bits per heavy atom. The second kappa shape index (κ2) is 6.42. The Morgan fingerprint density at radius 3 is 1.88 bits per heavy atom. The van der Waals surface area contributed by atoms with Crippen LogP contribution in [-0.4, -0.2) is 11.9 Å². The number of thioether (sulfide) groups is 1. The van der Waals surface area contributed by atoms with Crippen LogP contribution in [0.3, 0.4) is 0 Å². The lowest BCUT2D eigenvalue weighted by Crippen LogP contribution is -2.18. The first kappa shape index (κ1) is 16.5. The molecule has 0 fully saturated rings. The largest absolute Gasteiger partial charge is 0.446 e. The van der Waals surface area contributed by atoms with Gasteiger partial charge in [-0.2, -0.15) is 13.2 Å². The number of alkyl halides is 5. The van der Waals surface area contributed by atoms with Gasteiger partial charge in [-0.3, -0.25) is 0 Å². The topological polar surface area (TPSA) is 26.0 Å². The summed E-state index contributed by atoms with van der Waals surface area (Å²) in [6.07, 6.45) is -2.74. The van der Waals surface area contributed by atoms with E-state index in [4.69, 9.17) is 5.73 Å².